The number of nitrogens with one attached hydrogen (secondary N) is 1. The second-order valence-corrected chi connectivity index (χ2v) is 6.97. The molecule has 4 heteroatoms. The molecule has 1 heterocycles. The zero-order chi connectivity index (χ0) is 17.9. The van der Waals surface area contributed by atoms with E-state index in [2.05, 4.69) is 12.2 Å². The molecule has 1 aliphatic heterocycles. The molecule has 1 amide bonds. The van der Waals surface area contributed by atoms with Crippen LogP contribution < -0.4 is 5.32 Å². The molecule has 4 nitrogen and oxygen atoms in total. The number of hydrogen-bond acceptors (Lipinski definition) is 3. The number of unbranched alkanes of at least 4 members (excludes halogenated alkanes) is 12. The van der Waals surface area contributed by atoms with Crippen LogP contribution in [-0.4, -0.2) is 35.4 Å². The number of amides is 1. The van der Waals surface area contributed by atoms with E-state index in [-0.39, 0.29) is 18.6 Å². The van der Waals surface area contributed by atoms with Crippen molar-refractivity contribution in [3.8, 4) is 0 Å². The topological polar surface area (TPSA) is 79.5 Å². The lowest BCUT2D eigenvalue weighted by molar-refractivity contribution is -0.110. The Balaban J connectivity index is 0.00000114. The summed E-state index contributed by atoms with van der Waals surface area (Å²) in [6.07, 6.45) is 18.8. The van der Waals surface area contributed by atoms with Gasteiger partial charge in [0, 0.05) is 6.61 Å². The second-order valence-electron chi connectivity index (χ2n) is 6.97. The van der Waals surface area contributed by atoms with E-state index in [1.165, 1.54) is 77.0 Å². The minimum Gasteiger partial charge on any atom is -0.396 e. The third kappa shape index (κ3) is 21.4. The summed E-state index contributed by atoms with van der Waals surface area (Å²) >= 11 is 0. The first-order valence-corrected chi connectivity index (χ1v) is 10.3. The van der Waals surface area contributed by atoms with Crippen molar-refractivity contribution < 1.29 is 15.0 Å². The van der Waals surface area contributed by atoms with Crippen molar-refractivity contribution in [3.63, 3.8) is 0 Å². The maximum atomic E-state index is 9.47. The smallest absolute Gasteiger partial charge is 0.239 e. The molecule has 24 heavy (non-hydrogen) atoms. The normalized spacial score (nSPS) is 13.9. The third-order valence-corrected chi connectivity index (χ3v) is 4.42. The van der Waals surface area contributed by atoms with E-state index in [0.29, 0.717) is 13.0 Å². The number of aliphatic hydroxyl groups is 2. The zero-order valence-electron chi connectivity index (χ0n) is 15.9. The van der Waals surface area contributed by atoms with Crippen LogP contribution in [0.2, 0.25) is 0 Å². The van der Waals surface area contributed by atoms with Crippen molar-refractivity contribution in [2.45, 2.75) is 109 Å². The molecule has 1 saturated heterocycles. The number of carbonyl (C=O) groups is 1. The van der Waals surface area contributed by atoms with E-state index in [4.69, 9.17) is 5.11 Å². The molecule has 3 N–H and O–H groups in total. The van der Waals surface area contributed by atoms with Crippen LogP contribution in [0.15, 0.2) is 0 Å². The Labute approximate surface area is 149 Å². The van der Waals surface area contributed by atoms with Gasteiger partial charge in [-0.1, -0.05) is 90.4 Å². The predicted molar refractivity (Wildman–Crippen MR) is 101 cm³/mol. The number of carbonyl (C=O) groups excluding carboxylic acids is 1. The first kappa shape index (κ1) is 23.4. The van der Waals surface area contributed by atoms with Crippen LogP contribution >= 0.6 is 0 Å². The Kier molecular flexibility index (Phi) is 18.2. The Morgan fingerprint density at radius 3 is 1.54 bits per heavy atom. The van der Waals surface area contributed by atoms with Crippen molar-refractivity contribution in [2.75, 3.05) is 13.2 Å². The number of aliphatic hydroxyl groups excluding tert-OH is 2. The van der Waals surface area contributed by atoms with Gasteiger partial charge < -0.3 is 15.5 Å². The van der Waals surface area contributed by atoms with E-state index in [0.717, 1.165) is 12.8 Å². The zero-order valence-corrected chi connectivity index (χ0v) is 15.9. The molecule has 0 radical (unpaired) electrons. The van der Waals surface area contributed by atoms with Gasteiger partial charge in [0.1, 0.15) is 0 Å². The Morgan fingerprint density at radius 1 is 0.833 bits per heavy atom. The summed E-state index contributed by atoms with van der Waals surface area (Å²) < 4.78 is 0. The molecule has 0 saturated carbocycles. The summed E-state index contributed by atoms with van der Waals surface area (Å²) in [5, 5.41) is 20.6. The molecule has 0 bridgehead atoms. The molecule has 1 rings (SSSR count). The molecular weight excluding hydrogens is 302 g/mol. The first-order valence-electron chi connectivity index (χ1n) is 10.3. The fourth-order valence-corrected chi connectivity index (χ4v) is 2.73. The van der Waals surface area contributed by atoms with Crippen LogP contribution in [0.4, 0.5) is 0 Å². The summed E-state index contributed by atoms with van der Waals surface area (Å²) in [5.41, 5.74) is 0. The molecule has 0 spiro atoms. The summed E-state index contributed by atoms with van der Waals surface area (Å²) in [5.74, 6) is 0.167. The lowest BCUT2D eigenvalue weighted by Crippen LogP contribution is -2.08. The summed E-state index contributed by atoms with van der Waals surface area (Å²) in [4.78, 5) is 9.44. The summed E-state index contributed by atoms with van der Waals surface area (Å²) in [6.45, 7) is 2.98. The van der Waals surface area contributed by atoms with Gasteiger partial charge in [0.15, 0.2) is 0 Å². The van der Waals surface area contributed by atoms with E-state index in [9.17, 15) is 9.90 Å². The second kappa shape index (κ2) is 18.7. The van der Waals surface area contributed by atoms with Gasteiger partial charge in [0.05, 0.1) is 12.6 Å². The highest BCUT2D eigenvalue weighted by Crippen LogP contribution is 2.13. The highest BCUT2D eigenvalue weighted by molar-refractivity contribution is 5.91. The molecule has 0 aromatic rings. The van der Waals surface area contributed by atoms with Gasteiger partial charge in [0.25, 0.3) is 0 Å². The van der Waals surface area contributed by atoms with E-state index < -0.39 is 0 Å². The minimum absolute atomic E-state index is 0.111. The molecule has 0 aliphatic carbocycles. The standard InChI is InChI=1S/C18H38O2.C2H3NO/c1-2-3-4-5-6-7-8-9-10-11-12-13-14-15-18(20)16-17-19;4-2-1-3-2/h18-20H,2-17H2,1H3;1H2,(H,3,4). The molecule has 1 fully saturated rings. The monoisotopic (exact) mass is 343 g/mol. The Bertz CT molecular complexity index is 266. The molecule has 1 atom stereocenters. The van der Waals surface area contributed by atoms with Gasteiger partial charge in [-0.15, -0.1) is 0 Å². The Hall–Kier alpha value is -0.610. The van der Waals surface area contributed by atoms with Gasteiger partial charge in [-0.3, -0.25) is 4.79 Å². The highest BCUT2D eigenvalue weighted by atomic mass is 16.3. The van der Waals surface area contributed by atoms with Gasteiger partial charge >= 0.3 is 0 Å². The lowest BCUT2D eigenvalue weighted by Gasteiger charge is -2.08. The average Bonchev–Trinajstić information content (AvgIpc) is 3.35. The fourth-order valence-electron chi connectivity index (χ4n) is 2.73. The maximum Gasteiger partial charge on any atom is 0.239 e. The van der Waals surface area contributed by atoms with Gasteiger partial charge in [0.2, 0.25) is 5.91 Å². The SMILES string of the molecule is CCCCCCCCCCCCCCCC(O)CCO.O=C1CN1. The van der Waals surface area contributed by atoms with Crippen LogP contribution in [-0.2, 0) is 4.79 Å². The molecule has 0 aromatic heterocycles. The van der Waals surface area contributed by atoms with Gasteiger partial charge in [-0.25, -0.2) is 0 Å². The molecular formula is C20H41NO3. The van der Waals surface area contributed by atoms with Crippen molar-refractivity contribution in [1.82, 2.24) is 5.32 Å². The minimum atomic E-state index is -0.285. The highest BCUT2D eigenvalue weighted by Gasteiger charge is 2.10. The van der Waals surface area contributed by atoms with Crippen molar-refractivity contribution >= 4 is 5.91 Å². The number of hydrogen-bond donors (Lipinski definition) is 3. The predicted octanol–water partition coefficient (Wildman–Crippen LogP) is 4.33. The van der Waals surface area contributed by atoms with E-state index in [1.807, 2.05) is 0 Å². The fraction of sp³-hybridized carbons (Fsp3) is 0.950. The van der Waals surface area contributed by atoms with Crippen LogP contribution in [0.25, 0.3) is 0 Å². The average molecular weight is 344 g/mol. The van der Waals surface area contributed by atoms with E-state index >= 15 is 0 Å². The first-order chi connectivity index (χ1) is 11.7. The van der Waals surface area contributed by atoms with Gasteiger partial charge in [-0.05, 0) is 12.8 Å². The largest absolute Gasteiger partial charge is 0.396 e. The number of rotatable bonds is 16. The molecule has 1 aliphatic rings. The van der Waals surface area contributed by atoms with Crippen LogP contribution in [0, 0.1) is 0 Å². The Morgan fingerprint density at radius 2 is 1.21 bits per heavy atom. The van der Waals surface area contributed by atoms with E-state index in [1.54, 1.807) is 0 Å². The van der Waals surface area contributed by atoms with Crippen molar-refractivity contribution in [2.24, 2.45) is 0 Å². The van der Waals surface area contributed by atoms with Crippen LogP contribution in [0.3, 0.4) is 0 Å². The molecule has 144 valence electrons. The summed E-state index contributed by atoms with van der Waals surface area (Å²) in [6, 6.07) is 0. The van der Waals surface area contributed by atoms with Gasteiger partial charge in [-0.2, -0.15) is 0 Å². The maximum absolute atomic E-state index is 9.47. The molecule has 0 aromatic carbocycles. The quantitative estimate of drug-likeness (QED) is 0.288. The van der Waals surface area contributed by atoms with Crippen molar-refractivity contribution in [1.29, 1.82) is 0 Å². The van der Waals surface area contributed by atoms with Crippen LogP contribution in [0.1, 0.15) is 103 Å². The third-order valence-electron chi connectivity index (χ3n) is 4.42. The van der Waals surface area contributed by atoms with Crippen molar-refractivity contribution in [3.05, 3.63) is 0 Å². The van der Waals surface area contributed by atoms with Crippen LogP contribution in [0.5, 0.6) is 0 Å². The lowest BCUT2D eigenvalue weighted by atomic mass is 10.0. The molecule has 1 unspecified atom stereocenters. The summed E-state index contributed by atoms with van der Waals surface area (Å²) in [7, 11) is 0.